The third-order valence-corrected chi connectivity index (χ3v) is 6.38. The molecule has 180 valence electrons. The van der Waals surface area contributed by atoms with E-state index in [1.54, 1.807) is 52.4 Å². The summed E-state index contributed by atoms with van der Waals surface area (Å²) in [5.74, 6) is 0.679. The molecule has 3 heterocycles. The van der Waals surface area contributed by atoms with Crippen LogP contribution in [0.15, 0.2) is 107 Å². The highest BCUT2D eigenvalue weighted by Crippen LogP contribution is 2.29. The van der Waals surface area contributed by atoms with Gasteiger partial charge in [0.1, 0.15) is 11.6 Å². The van der Waals surface area contributed by atoms with Crippen LogP contribution in [-0.2, 0) is 17.9 Å². The van der Waals surface area contributed by atoms with Crippen LogP contribution in [0.2, 0.25) is 0 Å². The average molecular weight is 500 g/mol. The zero-order chi connectivity index (χ0) is 24.7. The van der Waals surface area contributed by atoms with E-state index in [0.29, 0.717) is 35.4 Å². The van der Waals surface area contributed by atoms with Gasteiger partial charge in [-0.2, -0.15) is 0 Å². The number of halogens is 1. The van der Waals surface area contributed by atoms with Gasteiger partial charge < -0.3 is 9.32 Å². The summed E-state index contributed by atoms with van der Waals surface area (Å²) in [7, 11) is 0. The molecule has 0 N–H and O–H groups in total. The number of thioether (sulfide) groups is 1. The van der Waals surface area contributed by atoms with Gasteiger partial charge in [-0.05, 0) is 48.0 Å². The Morgan fingerprint density at radius 2 is 1.78 bits per heavy atom. The Morgan fingerprint density at radius 3 is 2.53 bits per heavy atom. The number of carbonyl (C=O) groups is 1. The van der Waals surface area contributed by atoms with Gasteiger partial charge in [0.05, 0.1) is 24.1 Å². The van der Waals surface area contributed by atoms with E-state index in [0.717, 1.165) is 11.3 Å². The van der Waals surface area contributed by atoms with Crippen molar-refractivity contribution in [3.63, 3.8) is 0 Å². The molecule has 0 saturated carbocycles. The fraction of sp³-hybridized carbons (Fsp3) is 0.111. The Kier molecular flexibility index (Phi) is 7.18. The number of amides is 1. The fourth-order valence-corrected chi connectivity index (χ4v) is 4.60. The van der Waals surface area contributed by atoms with Crippen molar-refractivity contribution in [2.45, 2.75) is 18.2 Å². The lowest BCUT2D eigenvalue weighted by molar-refractivity contribution is -0.129. The molecule has 0 unspecified atom stereocenters. The number of pyridine rings is 1. The number of carbonyl (C=O) groups excluding carboxylic acids is 1. The lowest BCUT2D eigenvalue weighted by Crippen LogP contribution is -2.31. The van der Waals surface area contributed by atoms with Crippen molar-refractivity contribution in [3.05, 3.63) is 115 Å². The second-order valence-electron chi connectivity index (χ2n) is 7.94. The molecule has 0 fully saturated rings. The predicted molar refractivity (Wildman–Crippen MR) is 135 cm³/mol. The maximum atomic E-state index is 14.6. The largest absolute Gasteiger partial charge is 0.467 e. The number of hydrogen-bond acceptors (Lipinski definition) is 6. The summed E-state index contributed by atoms with van der Waals surface area (Å²) < 4.78 is 21.9. The number of aromatic nitrogens is 4. The zero-order valence-electron chi connectivity index (χ0n) is 19.2. The van der Waals surface area contributed by atoms with Crippen molar-refractivity contribution in [3.8, 4) is 17.1 Å². The molecule has 2 aromatic carbocycles. The maximum Gasteiger partial charge on any atom is 0.233 e. The first-order valence-electron chi connectivity index (χ1n) is 11.3. The van der Waals surface area contributed by atoms with Crippen LogP contribution in [0.4, 0.5) is 4.39 Å². The lowest BCUT2D eigenvalue weighted by atomic mass is 10.2. The highest BCUT2D eigenvalue weighted by atomic mass is 32.2. The summed E-state index contributed by atoms with van der Waals surface area (Å²) in [6.07, 6.45) is 5.02. The highest BCUT2D eigenvalue weighted by molar-refractivity contribution is 7.99. The third-order valence-electron chi connectivity index (χ3n) is 5.46. The van der Waals surface area contributed by atoms with Crippen LogP contribution in [0, 0.1) is 5.82 Å². The Balaban J connectivity index is 1.41. The molecular formula is C27H22FN5O2S. The van der Waals surface area contributed by atoms with Crippen LogP contribution >= 0.6 is 11.8 Å². The smallest absolute Gasteiger partial charge is 0.233 e. The van der Waals surface area contributed by atoms with Gasteiger partial charge in [0, 0.05) is 24.6 Å². The first-order chi connectivity index (χ1) is 17.7. The van der Waals surface area contributed by atoms with Crippen LogP contribution < -0.4 is 0 Å². The molecule has 0 radical (unpaired) electrons. The number of rotatable bonds is 9. The van der Waals surface area contributed by atoms with Crippen LogP contribution in [0.5, 0.6) is 0 Å². The van der Waals surface area contributed by atoms with Gasteiger partial charge in [-0.25, -0.2) is 4.39 Å². The predicted octanol–water partition coefficient (Wildman–Crippen LogP) is 5.38. The van der Waals surface area contributed by atoms with Crippen molar-refractivity contribution < 1.29 is 13.6 Å². The molecule has 0 bridgehead atoms. The van der Waals surface area contributed by atoms with E-state index in [1.807, 2.05) is 48.5 Å². The molecule has 3 aromatic heterocycles. The first kappa shape index (κ1) is 23.5. The van der Waals surface area contributed by atoms with E-state index in [4.69, 9.17) is 4.42 Å². The summed E-state index contributed by atoms with van der Waals surface area (Å²) in [5.41, 5.74) is 2.03. The second kappa shape index (κ2) is 11.0. The van der Waals surface area contributed by atoms with Gasteiger partial charge >= 0.3 is 0 Å². The minimum absolute atomic E-state index is 0.102. The summed E-state index contributed by atoms with van der Waals surface area (Å²) >= 11 is 1.25. The summed E-state index contributed by atoms with van der Waals surface area (Å²) in [5, 5.41) is 9.08. The lowest BCUT2D eigenvalue weighted by Gasteiger charge is -2.21. The van der Waals surface area contributed by atoms with E-state index >= 15 is 0 Å². The molecule has 5 aromatic rings. The third kappa shape index (κ3) is 5.36. The SMILES string of the molecule is O=C(CSc1nnc(-c2ccccc2F)n1-c1ccccc1)N(Cc1cccnc1)Cc1ccco1. The van der Waals surface area contributed by atoms with Crippen molar-refractivity contribution in [1.82, 2.24) is 24.6 Å². The summed E-state index contributed by atoms with van der Waals surface area (Å²) in [6.45, 7) is 0.715. The van der Waals surface area contributed by atoms with E-state index < -0.39 is 5.82 Å². The monoisotopic (exact) mass is 499 g/mol. The van der Waals surface area contributed by atoms with Crippen molar-refractivity contribution in [2.24, 2.45) is 0 Å². The molecule has 7 nitrogen and oxygen atoms in total. The van der Waals surface area contributed by atoms with Crippen molar-refractivity contribution in [2.75, 3.05) is 5.75 Å². The quantitative estimate of drug-likeness (QED) is 0.253. The summed E-state index contributed by atoms with van der Waals surface area (Å²) in [4.78, 5) is 19.2. The zero-order valence-corrected chi connectivity index (χ0v) is 20.0. The van der Waals surface area contributed by atoms with Gasteiger partial charge in [-0.1, -0.05) is 48.2 Å². The van der Waals surface area contributed by atoms with Crippen LogP contribution in [0.3, 0.4) is 0 Å². The molecule has 36 heavy (non-hydrogen) atoms. The van der Waals surface area contributed by atoms with Crippen molar-refractivity contribution >= 4 is 17.7 Å². The van der Waals surface area contributed by atoms with Crippen LogP contribution in [0.1, 0.15) is 11.3 Å². The fourth-order valence-electron chi connectivity index (χ4n) is 3.74. The minimum atomic E-state index is -0.393. The standard InChI is InChI=1S/C27H22FN5O2S/c28-24-13-5-4-12-23(24)26-30-31-27(33(26)21-9-2-1-3-10-21)36-19-25(34)32(18-22-11-7-15-35-22)17-20-8-6-14-29-16-20/h1-16H,17-19H2. The maximum absolute atomic E-state index is 14.6. The van der Waals surface area contributed by atoms with Gasteiger partial charge in [0.15, 0.2) is 11.0 Å². The molecule has 0 spiro atoms. The molecule has 9 heteroatoms. The Labute approximate surface area is 211 Å². The Morgan fingerprint density at radius 1 is 0.944 bits per heavy atom. The number of nitrogens with zero attached hydrogens (tertiary/aromatic N) is 5. The minimum Gasteiger partial charge on any atom is -0.467 e. The highest BCUT2D eigenvalue weighted by Gasteiger charge is 2.22. The number of furan rings is 1. The summed E-state index contributed by atoms with van der Waals surface area (Å²) in [6, 6.07) is 23.3. The normalized spacial score (nSPS) is 10.9. The Hall–Kier alpha value is -4.24. The molecule has 5 rings (SSSR count). The number of para-hydroxylation sites is 1. The van der Waals surface area contributed by atoms with Gasteiger partial charge in [-0.15, -0.1) is 10.2 Å². The van der Waals surface area contributed by atoms with Gasteiger partial charge in [-0.3, -0.25) is 14.3 Å². The van der Waals surface area contributed by atoms with Crippen LogP contribution in [-0.4, -0.2) is 36.3 Å². The molecule has 0 aliphatic rings. The molecular weight excluding hydrogens is 477 g/mol. The second-order valence-corrected chi connectivity index (χ2v) is 8.88. The topological polar surface area (TPSA) is 77.1 Å². The van der Waals surface area contributed by atoms with Crippen molar-refractivity contribution in [1.29, 1.82) is 0 Å². The van der Waals surface area contributed by atoms with E-state index in [-0.39, 0.29) is 11.7 Å². The molecule has 1 amide bonds. The molecule has 0 atom stereocenters. The average Bonchev–Trinajstić information content (AvgIpc) is 3.58. The molecule has 0 saturated heterocycles. The number of benzene rings is 2. The molecule has 0 aliphatic carbocycles. The van der Waals surface area contributed by atoms with E-state index in [2.05, 4.69) is 15.2 Å². The van der Waals surface area contributed by atoms with E-state index in [1.165, 1.54) is 17.8 Å². The Bertz CT molecular complexity index is 1430. The van der Waals surface area contributed by atoms with Crippen LogP contribution in [0.25, 0.3) is 17.1 Å². The van der Waals surface area contributed by atoms with Gasteiger partial charge in [0.2, 0.25) is 5.91 Å². The van der Waals surface area contributed by atoms with E-state index in [9.17, 15) is 9.18 Å². The van der Waals surface area contributed by atoms with Gasteiger partial charge in [0.25, 0.3) is 0 Å². The molecule has 0 aliphatic heterocycles. The first-order valence-corrected chi connectivity index (χ1v) is 12.2. The number of hydrogen-bond donors (Lipinski definition) is 0.